The van der Waals surface area contributed by atoms with Gasteiger partial charge >= 0.3 is 0 Å². The highest BCUT2D eigenvalue weighted by Gasteiger charge is 2.25. The maximum absolute atomic E-state index is 12.4. The van der Waals surface area contributed by atoms with Crippen LogP contribution in [0, 0.1) is 17.2 Å². The number of piperidine rings is 1. The number of nitriles is 1. The molecule has 3 rings (SSSR count). The molecule has 0 spiro atoms. The number of carbonyl (C=O) groups is 1. The molecule has 2 aliphatic heterocycles. The van der Waals surface area contributed by atoms with E-state index in [0.29, 0.717) is 5.02 Å². The molecular formula is C19H26ClN5O. The minimum atomic E-state index is 0.0702. The lowest BCUT2D eigenvalue weighted by Gasteiger charge is -2.32. The topological polar surface area (TPSA) is 72.3 Å². The Labute approximate surface area is 160 Å². The van der Waals surface area contributed by atoms with Gasteiger partial charge in [-0.25, -0.2) is 4.98 Å². The van der Waals surface area contributed by atoms with Crippen molar-refractivity contribution in [2.24, 2.45) is 5.92 Å². The predicted molar refractivity (Wildman–Crippen MR) is 102 cm³/mol. The Morgan fingerprint density at radius 2 is 2.00 bits per heavy atom. The first-order valence-electron chi connectivity index (χ1n) is 9.49. The summed E-state index contributed by atoms with van der Waals surface area (Å²) >= 11 is 5.94. The van der Waals surface area contributed by atoms with Gasteiger partial charge in [0.05, 0.1) is 5.02 Å². The van der Waals surface area contributed by atoms with Gasteiger partial charge in [0.1, 0.15) is 11.9 Å². The van der Waals surface area contributed by atoms with E-state index >= 15 is 0 Å². The molecule has 0 radical (unpaired) electrons. The number of aromatic nitrogens is 1. The molecular weight excluding hydrogens is 350 g/mol. The van der Waals surface area contributed by atoms with Gasteiger partial charge < -0.3 is 15.1 Å². The van der Waals surface area contributed by atoms with Gasteiger partial charge in [-0.1, -0.05) is 11.6 Å². The molecule has 0 aromatic carbocycles. The van der Waals surface area contributed by atoms with Crippen LogP contribution in [0.1, 0.15) is 37.8 Å². The van der Waals surface area contributed by atoms with Gasteiger partial charge in [0.15, 0.2) is 5.69 Å². The highest BCUT2D eigenvalue weighted by molar-refractivity contribution is 6.31. The molecule has 0 unspecified atom stereocenters. The Hall–Kier alpha value is -1.84. The number of rotatable bonds is 6. The molecule has 140 valence electrons. The molecule has 0 saturated carbocycles. The Bertz CT molecular complexity index is 660. The van der Waals surface area contributed by atoms with E-state index in [9.17, 15) is 4.79 Å². The second kappa shape index (κ2) is 9.20. The maximum atomic E-state index is 12.4. The summed E-state index contributed by atoms with van der Waals surface area (Å²) in [6.07, 6.45) is 5.26. The van der Waals surface area contributed by atoms with E-state index < -0.39 is 0 Å². The Morgan fingerprint density at radius 3 is 2.69 bits per heavy atom. The van der Waals surface area contributed by atoms with Crippen LogP contribution in [0.5, 0.6) is 0 Å². The van der Waals surface area contributed by atoms with Crippen LogP contribution in [0.2, 0.25) is 5.02 Å². The molecule has 1 amide bonds. The van der Waals surface area contributed by atoms with Gasteiger partial charge in [0, 0.05) is 25.6 Å². The van der Waals surface area contributed by atoms with Gasteiger partial charge in [-0.3, -0.25) is 4.79 Å². The molecule has 26 heavy (non-hydrogen) atoms. The normalized spacial score (nSPS) is 18.7. The van der Waals surface area contributed by atoms with Crippen LogP contribution in [0.25, 0.3) is 0 Å². The first-order valence-corrected chi connectivity index (χ1v) is 9.87. The summed E-state index contributed by atoms with van der Waals surface area (Å²) in [5.41, 5.74) is 0.252. The zero-order valence-electron chi connectivity index (χ0n) is 15.1. The Kier molecular flexibility index (Phi) is 6.70. The van der Waals surface area contributed by atoms with Crippen LogP contribution in [-0.4, -0.2) is 55.1 Å². The molecule has 3 heterocycles. The van der Waals surface area contributed by atoms with Crippen LogP contribution in [0.4, 0.5) is 5.82 Å². The maximum Gasteiger partial charge on any atom is 0.223 e. The summed E-state index contributed by atoms with van der Waals surface area (Å²) in [6.45, 7) is 5.80. The zero-order chi connectivity index (χ0) is 18.4. The van der Waals surface area contributed by atoms with Gasteiger partial charge in [0.2, 0.25) is 5.91 Å². The summed E-state index contributed by atoms with van der Waals surface area (Å²) in [7, 11) is 0. The van der Waals surface area contributed by atoms with Crippen LogP contribution in [0.3, 0.4) is 0 Å². The second-order valence-corrected chi connectivity index (χ2v) is 7.47. The molecule has 6 nitrogen and oxygen atoms in total. The number of hydrogen-bond donors (Lipinski definition) is 1. The average molecular weight is 376 g/mol. The van der Waals surface area contributed by atoms with E-state index in [4.69, 9.17) is 16.9 Å². The standard InChI is InChI=1S/C19H26ClN5O/c20-16-4-5-18(23-17(16)14-21)25-12-6-15(7-13-25)19(26)22-8-3-11-24-9-1-2-10-24/h4-5,15H,1-3,6-13H2,(H,22,26). The number of anilines is 1. The number of likely N-dealkylation sites (tertiary alicyclic amines) is 1. The van der Waals surface area contributed by atoms with Crippen molar-refractivity contribution >= 4 is 23.3 Å². The van der Waals surface area contributed by atoms with E-state index in [1.54, 1.807) is 6.07 Å². The molecule has 1 N–H and O–H groups in total. The minimum Gasteiger partial charge on any atom is -0.357 e. The van der Waals surface area contributed by atoms with Crippen molar-refractivity contribution in [2.75, 3.05) is 44.2 Å². The van der Waals surface area contributed by atoms with Gasteiger partial charge in [-0.2, -0.15) is 5.26 Å². The fourth-order valence-corrected chi connectivity index (χ4v) is 3.87. The molecule has 1 aromatic rings. The van der Waals surface area contributed by atoms with E-state index in [2.05, 4.69) is 20.1 Å². The lowest BCUT2D eigenvalue weighted by molar-refractivity contribution is -0.125. The molecule has 2 fully saturated rings. The third kappa shape index (κ3) is 4.87. The van der Waals surface area contributed by atoms with E-state index in [1.165, 1.54) is 25.9 Å². The highest BCUT2D eigenvalue weighted by Crippen LogP contribution is 2.24. The van der Waals surface area contributed by atoms with Crippen molar-refractivity contribution in [2.45, 2.75) is 32.1 Å². The Morgan fingerprint density at radius 1 is 1.27 bits per heavy atom. The Balaban J connectivity index is 1.40. The smallest absolute Gasteiger partial charge is 0.223 e. The number of hydrogen-bond acceptors (Lipinski definition) is 5. The van der Waals surface area contributed by atoms with Gasteiger partial charge in [-0.15, -0.1) is 0 Å². The van der Waals surface area contributed by atoms with Crippen molar-refractivity contribution in [1.29, 1.82) is 5.26 Å². The van der Waals surface area contributed by atoms with E-state index in [-0.39, 0.29) is 17.5 Å². The van der Waals surface area contributed by atoms with Crippen molar-refractivity contribution in [3.05, 3.63) is 22.8 Å². The first-order chi connectivity index (χ1) is 12.7. The summed E-state index contributed by atoms with van der Waals surface area (Å²) in [4.78, 5) is 21.3. The largest absolute Gasteiger partial charge is 0.357 e. The molecule has 0 aliphatic carbocycles. The summed E-state index contributed by atoms with van der Waals surface area (Å²) < 4.78 is 0. The van der Waals surface area contributed by atoms with Gasteiger partial charge in [-0.05, 0) is 63.9 Å². The third-order valence-corrected chi connectivity index (χ3v) is 5.58. The van der Waals surface area contributed by atoms with Crippen molar-refractivity contribution < 1.29 is 4.79 Å². The van der Waals surface area contributed by atoms with Crippen molar-refractivity contribution in [3.8, 4) is 6.07 Å². The third-order valence-electron chi connectivity index (χ3n) is 5.28. The van der Waals surface area contributed by atoms with Crippen molar-refractivity contribution in [3.63, 3.8) is 0 Å². The SMILES string of the molecule is N#Cc1nc(N2CCC(C(=O)NCCCN3CCCC3)CC2)ccc1Cl. The zero-order valence-corrected chi connectivity index (χ0v) is 15.8. The van der Waals surface area contributed by atoms with Crippen LogP contribution >= 0.6 is 11.6 Å². The number of carbonyl (C=O) groups excluding carboxylic acids is 1. The van der Waals surface area contributed by atoms with Crippen LogP contribution in [-0.2, 0) is 4.79 Å². The molecule has 1 aromatic heterocycles. The minimum absolute atomic E-state index is 0.0702. The predicted octanol–water partition coefficient (Wildman–Crippen LogP) is 2.43. The number of amides is 1. The first kappa shape index (κ1) is 18.9. The van der Waals surface area contributed by atoms with E-state index in [0.717, 1.165) is 51.3 Å². The van der Waals surface area contributed by atoms with Crippen LogP contribution < -0.4 is 10.2 Å². The number of nitrogens with zero attached hydrogens (tertiary/aromatic N) is 4. The van der Waals surface area contributed by atoms with E-state index in [1.807, 2.05) is 12.1 Å². The average Bonchev–Trinajstić information content (AvgIpc) is 3.19. The summed E-state index contributed by atoms with van der Waals surface area (Å²) in [5.74, 6) is 1.00. The lowest BCUT2D eigenvalue weighted by atomic mass is 9.96. The van der Waals surface area contributed by atoms with Gasteiger partial charge in [0.25, 0.3) is 0 Å². The summed E-state index contributed by atoms with van der Waals surface area (Å²) in [5, 5.41) is 12.5. The molecule has 0 bridgehead atoms. The molecule has 2 saturated heterocycles. The number of pyridine rings is 1. The second-order valence-electron chi connectivity index (χ2n) is 7.07. The van der Waals surface area contributed by atoms with Crippen LogP contribution in [0.15, 0.2) is 12.1 Å². The molecule has 7 heteroatoms. The van der Waals surface area contributed by atoms with Crippen molar-refractivity contribution in [1.82, 2.24) is 15.2 Å². The number of halogens is 1. The quantitative estimate of drug-likeness (QED) is 0.773. The fraction of sp³-hybridized carbons (Fsp3) is 0.632. The molecule has 2 aliphatic rings. The fourth-order valence-electron chi connectivity index (χ4n) is 3.72. The number of nitrogens with one attached hydrogen (secondary N) is 1. The lowest BCUT2D eigenvalue weighted by Crippen LogP contribution is -2.41. The summed E-state index contributed by atoms with van der Waals surface area (Å²) in [6, 6.07) is 5.56. The monoisotopic (exact) mass is 375 g/mol. The highest BCUT2D eigenvalue weighted by atomic mass is 35.5. The molecule has 0 atom stereocenters.